The van der Waals surface area contributed by atoms with Crippen LogP contribution >= 0.6 is 11.6 Å². The minimum Gasteiger partial charge on any atom is -0.480 e. The molecule has 2 aliphatic heterocycles. The molecule has 1 fully saturated rings. The van der Waals surface area contributed by atoms with Crippen LogP contribution in [-0.2, 0) is 14.8 Å². The largest absolute Gasteiger partial charge is 0.480 e. The number of nitrogens with zero attached hydrogens (tertiary/aromatic N) is 2. The van der Waals surface area contributed by atoms with Crippen molar-refractivity contribution in [2.24, 2.45) is 10.9 Å². The van der Waals surface area contributed by atoms with Gasteiger partial charge in [0, 0.05) is 44.2 Å². The molecule has 1 saturated heterocycles. The lowest BCUT2D eigenvalue weighted by molar-refractivity contribution is -0.138. The normalized spacial score (nSPS) is 17.4. The number of carbonyl (C=O) groups is 2. The molecule has 0 saturated carbocycles. The van der Waals surface area contributed by atoms with Crippen molar-refractivity contribution in [2.75, 3.05) is 37.6 Å². The highest BCUT2D eigenvalue weighted by atomic mass is 35.5. The zero-order valence-corrected chi connectivity index (χ0v) is 21.8. The van der Waals surface area contributed by atoms with Gasteiger partial charge in [0.15, 0.2) is 0 Å². The Morgan fingerprint density at radius 3 is 2.51 bits per heavy atom. The number of amidine groups is 1. The number of anilines is 1. The summed E-state index contributed by atoms with van der Waals surface area (Å²) in [5.74, 6) is -0.443. The first-order chi connectivity index (χ1) is 17.7. The lowest BCUT2D eigenvalue weighted by Gasteiger charge is -2.35. The van der Waals surface area contributed by atoms with Gasteiger partial charge in [-0.3, -0.25) is 14.6 Å². The second kappa shape index (κ2) is 11.9. The van der Waals surface area contributed by atoms with Crippen molar-refractivity contribution >= 4 is 45.0 Å². The Hall–Kier alpha value is -3.15. The fourth-order valence-corrected chi connectivity index (χ4v) is 5.96. The number of sulfonamides is 1. The number of carboxylic acids is 1. The van der Waals surface area contributed by atoms with Crippen LogP contribution in [0.3, 0.4) is 0 Å². The Bertz CT molecular complexity index is 1260. The van der Waals surface area contributed by atoms with Crippen LogP contribution in [0.1, 0.15) is 29.6 Å². The van der Waals surface area contributed by atoms with E-state index in [-0.39, 0.29) is 10.5 Å². The maximum atomic E-state index is 12.7. The molecule has 4 N–H and O–H groups in total. The van der Waals surface area contributed by atoms with E-state index in [1.165, 1.54) is 30.3 Å². The molecule has 0 bridgehead atoms. The first-order valence-electron chi connectivity index (χ1n) is 12.2. The third-order valence-corrected chi connectivity index (χ3v) is 8.26. The molecule has 2 aromatic rings. The SMILES string of the molecule is O=C(NC[C@H](NS(=O)(=O)c1ccccc1)C(=O)O)c1ccc(N2CCC(C3=NCCCN3)CC2)c(Cl)c1. The fourth-order valence-electron chi connectivity index (χ4n) is 4.45. The maximum Gasteiger partial charge on any atom is 0.323 e. The Morgan fingerprint density at radius 2 is 1.89 bits per heavy atom. The molecule has 10 nitrogen and oxygen atoms in total. The van der Waals surface area contributed by atoms with E-state index in [1.54, 1.807) is 18.2 Å². The van der Waals surface area contributed by atoms with Crippen LogP contribution in [0.25, 0.3) is 0 Å². The highest BCUT2D eigenvalue weighted by molar-refractivity contribution is 7.89. The van der Waals surface area contributed by atoms with Gasteiger partial charge in [-0.1, -0.05) is 29.8 Å². The number of hydrogen-bond donors (Lipinski definition) is 4. The number of rotatable bonds is 9. The Kier molecular flexibility index (Phi) is 8.67. The van der Waals surface area contributed by atoms with Gasteiger partial charge in [0.05, 0.1) is 21.4 Å². The molecule has 2 heterocycles. The summed E-state index contributed by atoms with van der Waals surface area (Å²) in [5.41, 5.74) is 1.08. The van der Waals surface area contributed by atoms with E-state index in [2.05, 4.69) is 25.2 Å². The number of hydrogen-bond acceptors (Lipinski definition) is 7. The van der Waals surface area contributed by atoms with Crippen LogP contribution in [0.5, 0.6) is 0 Å². The minimum atomic E-state index is -4.07. The van der Waals surface area contributed by atoms with Gasteiger partial charge in [-0.2, -0.15) is 4.72 Å². The lowest BCUT2D eigenvalue weighted by Crippen LogP contribution is -2.48. The Labute approximate surface area is 221 Å². The molecule has 1 atom stereocenters. The number of halogens is 1. The molecule has 0 aliphatic carbocycles. The first kappa shape index (κ1) is 26.9. The van der Waals surface area contributed by atoms with Crippen LogP contribution in [0.4, 0.5) is 5.69 Å². The van der Waals surface area contributed by atoms with Crippen molar-refractivity contribution in [2.45, 2.75) is 30.2 Å². The van der Waals surface area contributed by atoms with Gasteiger partial charge >= 0.3 is 5.97 Å². The lowest BCUT2D eigenvalue weighted by atomic mass is 9.94. The zero-order valence-electron chi connectivity index (χ0n) is 20.2. The van der Waals surface area contributed by atoms with Crippen molar-refractivity contribution in [3.8, 4) is 0 Å². The predicted octanol–water partition coefficient (Wildman–Crippen LogP) is 2.11. The first-order valence-corrected chi connectivity index (χ1v) is 14.0. The van der Waals surface area contributed by atoms with Crippen molar-refractivity contribution < 1.29 is 23.1 Å². The number of carbonyl (C=O) groups excluding carboxylic acids is 1. The highest BCUT2D eigenvalue weighted by Gasteiger charge is 2.27. The number of carboxylic acid groups (broad SMARTS) is 1. The maximum absolute atomic E-state index is 12.7. The van der Waals surface area contributed by atoms with Gasteiger partial charge in [0.1, 0.15) is 6.04 Å². The van der Waals surface area contributed by atoms with Crippen molar-refractivity contribution in [1.82, 2.24) is 15.4 Å². The number of aliphatic imine (C=N–C) groups is 1. The molecule has 2 aliphatic rings. The second-order valence-electron chi connectivity index (χ2n) is 9.01. The third-order valence-electron chi connectivity index (χ3n) is 6.47. The molecule has 1 amide bonds. The second-order valence-corrected chi connectivity index (χ2v) is 11.1. The number of amides is 1. The number of nitrogens with one attached hydrogen (secondary N) is 3. The average molecular weight is 548 g/mol. The standard InChI is InChI=1S/C25H30ClN5O5S/c26-20-15-18(7-8-22(20)31-13-9-17(10-14-31)23-27-11-4-12-28-23)24(32)29-16-21(25(33)34)30-37(35,36)19-5-2-1-3-6-19/h1-3,5-8,15,17,21,30H,4,9-14,16H2,(H,27,28)(H,29,32)(H,33,34)/t21-/m0/s1. The smallest absolute Gasteiger partial charge is 0.323 e. The summed E-state index contributed by atoms with van der Waals surface area (Å²) in [7, 11) is -4.07. The van der Waals surface area contributed by atoms with E-state index < -0.39 is 34.5 Å². The minimum absolute atomic E-state index is 0.0676. The van der Waals surface area contributed by atoms with Crippen LogP contribution < -0.4 is 20.3 Å². The fraction of sp³-hybridized carbons (Fsp3) is 0.400. The monoisotopic (exact) mass is 547 g/mol. The van der Waals surface area contributed by atoms with E-state index in [1.807, 2.05) is 0 Å². The van der Waals surface area contributed by atoms with E-state index in [0.29, 0.717) is 10.9 Å². The summed E-state index contributed by atoms with van der Waals surface area (Å²) in [6, 6.07) is 10.8. The number of benzene rings is 2. The van der Waals surface area contributed by atoms with Crippen LogP contribution in [-0.4, -0.2) is 70.0 Å². The topological polar surface area (TPSA) is 140 Å². The third kappa shape index (κ3) is 6.79. The molecule has 0 spiro atoms. The molecule has 0 radical (unpaired) electrons. The molecular weight excluding hydrogens is 518 g/mol. The van der Waals surface area contributed by atoms with Crippen LogP contribution in [0.2, 0.25) is 5.02 Å². The molecule has 4 rings (SSSR count). The van der Waals surface area contributed by atoms with Gasteiger partial charge in [-0.05, 0) is 49.6 Å². The molecular formula is C25H30ClN5O5S. The molecule has 0 aromatic heterocycles. The summed E-state index contributed by atoms with van der Waals surface area (Å²) >= 11 is 6.52. The highest BCUT2D eigenvalue weighted by Crippen LogP contribution is 2.31. The van der Waals surface area contributed by atoms with Gasteiger partial charge in [0.25, 0.3) is 5.91 Å². The van der Waals surface area contributed by atoms with Crippen molar-refractivity contribution in [3.63, 3.8) is 0 Å². The van der Waals surface area contributed by atoms with Crippen molar-refractivity contribution in [3.05, 3.63) is 59.1 Å². The van der Waals surface area contributed by atoms with Gasteiger partial charge in [0.2, 0.25) is 10.0 Å². The molecule has 37 heavy (non-hydrogen) atoms. The molecule has 2 aromatic carbocycles. The average Bonchev–Trinajstić information content (AvgIpc) is 2.91. The van der Waals surface area contributed by atoms with E-state index in [4.69, 9.17) is 11.6 Å². The summed E-state index contributed by atoms with van der Waals surface area (Å²) in [5, 5.41) is 15.8. The van der Waals surface area contributed by atoms with Crippen LogP contribution in [0.15, 0.2) is 58.4 Å². The molecule has 12 heteroatoms. The predicted molar refractivity (Wildman–Crippen MR) is 142 cm³/mol. The quantitative estimate of drug-likeness (QED) is 0.377. The van der Waals surface area contributed by atoms with Gasteiger partial charge in [-0.25, -0.2) is 8.42 Å². The summed E-state index contributed by atoms with van der Waals surface area (Å²) in [4.78, 5) is 31.1. The van der Waals surface area contributed by atoms with Crippen molar-refractivity contribution in [1.29, 1.82) is 0 Å². The zero-order chi connectivity index (χ0) is 26.4. The Morgan fingerprint density at radius 1 is 1.16 bits per heavy atom. The molecule has 198 valence electrons. The van der Waals surface area contributed by atoms with E-state index in [9.17, 15) is 23.1 Å². The van der Waals surface area contributed by atoms with Gasteiger partial charge < -0.3 is 20.6 Å². The van der Waals surface area contributed by atoms with E-state index in [0.717, 1.165) is 57.0 Å². The molecule has 0 unspecified atom stereocenters. The summed E-state index contributed by atoms with van der Waals surface area (Å²) in [6.45, 7) is 3.05. The Balaban J connectivity index is 1.34. The summed E-state index contributed by atoms with van der Waals surface area (Å²) in [6.07, 6.45) is 2.98. The number of piperidine rings is 1. The number of aliphatic carboxylic acids is 1. The summed E-state index contributed by atoms with van der Waals surface area (Å²) < 4.78 is 27.1. The van der Waals surface area contributed by atoms with Gasteiger partial charge in [-0.15, -0.1) is 0 Å². The van der Waals surface area contributed by atoms with Crippen LogP contribution in [0, 0.1) is 5.92 Å². The van der Waals surface area contributed by atoms with E-state index >= 15 is 0 Å².